The van der Waals surface area contributed by atoms with Crippen LogP contribution in [0.4, 0.5) is 0 Å². The van der Waals surface area contributed by atoms with Crippen LogP contribution >= 0.6 is 0 Å². The van der Waals surface area contributed by atoms with Gasteiger partial charge in [0.05, 0.1) is 0 Å². The Balaban J connectivity index is 3.27. The number of rotatable bonds is 0. The number of Topliss-reactive ketones (excluding diaryl/α,β-unsaturated/α-hetero) is 3. The highest BCUT2D eigenvalue weighted by atomic mass is 16.2. The molecule has 1 rings (SSSR count). The number of nitrogens with zero attached hydrogens (tertiary/aromatic N) is 2. The Morgan fingerprint density at radius 2 is 1.33 bits per heavy atom. The third-order valence-corrected chi connectivity index (χ3v) is 1.34. The highest BCUT2D eigenvalue weighted by Gasteiger charge is 2.45. The van der Waals surface area contributed by atoms with Crippen molar-refractivity contribution in [2.24, 2.45) is 0 Å². The number of nitriles is 2. The van der Waals surface area contributed by atoms with Crippen molar-refractivity contribution in [1.29, 1.82) is 10.5 Å². The number of ketones is 3. The molecule has 0 saturated heterocycles. The van der Waals surface area contributed by atoms with Crippen molar-refractivity contribution in [2.45, 2.75) is 0 Å². The molecule has 0 heterocycles. The van der Waals surface area contributed by atoms with Crippen LogP contribution in [0.3, 0.4) is 0 Å². The van der Waals surface area contributed by atoms with Crippen LogP contribution in [-0.2, 0) is 14.4 Å². The molecule has 5 nitrogen and oxygen atoms in total. The Morgan fingerprint density at radius 1 is 0.917 bits per heavy atom. The first-order valence-corrected chi connectivity index (χ1v) is 2.81. The van der Waals surface area contributed by atoms with Gasteiger partial charge in [-0.3, -0.25) is 14.4 Å². The molecule has 0 aromatic rings. The van der Waals surface area contributed by atoms with Gasteiger partial charge in [0.15, 0.2) is 0 Å². The molecule has 0 aliphatic heterocycles. The predicted molar refractivity (Wildman–Crippen MR) is 33.3 cm³/mol. The number of carbonyl (C=O) groups is 3. The third kappa shape index (κ3) is 0.741. The lowest BCUT2D eigenvalue weighted by Crippen LogP contribution is -2.42. The van der Waals surface area contributed by atoms with E-state index in [2.05, 4.69) is 0 Å². The molecule has 0 bridgehead atoms. The summed E-state index contributed by atoms with van der Waals surface area (Å²) in [6, 6.07) is 2.72. The van der Waals surface area contributed by atoms with Crippen LogP contribution in [0.5, 0.6) is 0 Å². The Kier molecular flexibility index (Phi) is 1.57. The van der Waals surface area contributed by atoms with Gasteiger partial charge in [0.2, 0.25) is 11.6 Å². The van der Waals surface area contributed by atoms with E-state index in [1.165, 1.54) is 12.1 Å². The lowest BCUT2D eigenvalue weighted by molar-refractivity contribution is -0.146. The Morgan fingerprint density at radius 3 is 1.67 bits per heavy atom. The zero-order valence-corrected chi connectivity index (χ0v) is 5.62. The number of carbonyl (C=O) groups excluding carboxylic acids is 3. The summed E-state index contributed by atoms with van der Waals surface area (Å²) in [4.78, 5) is 31.6. The van der Waals surface area contributed by atoms with Gasteiger partial charge in [-0.05, 0) is 0 Å². The Hall–Kier alpha value is -2.27. The lowest BCUT2D eigenvalue weighted by Gasteiger charge is -2.09. The second-order valence-electron chi connectivity index (χ2n) is 1.96. The molecule has 0 aromatic carbocycles. The van der Waals surface area contributed by atoms with E-state index in [4.69, 9.17) is 10.5 Å². The van der Waals surface area contributed by atoms with Crippen molar-refractivity contribution < 1.29 is 14.4 Å². The molecule has 1 aliphatic rings. The SMILES string of the molecule is N#CC(C#N)=C1C(=O)C(=O)C1=O. The van der Waals surface area contributed by atoms with Gasteiger partial charge >= 0.3 is 0 Å². The molecule has 0 atom stereocenters. The molecule has 0 amide bonds. The predicted octanol–water partition coefficient (Wildman–Crippen LogP) is -0.949. The maximum absolute atomic E-state index is 10.6. The van der Waals surface area contributed by atoms with Crippen molar-refractivity contribution in [1.82, 2.24) is 0 Å². The summed E-state index contributed by atoms with van der Waals surface area (Å²) < 4.78 is 0. The average Bonchev–Trinajstić information content (AvgIpc) is 2.12. The molecule has 56 valence electrons. The van der Waals surface area contributed by atoms with Crippen molar-refractivity contribution in [2.75, 3.05) is 0 Å². The molecule has 1 aliphatic carbocycles. The fourth-order valence-corrected chi connectivity index (χ4v) is 0.735. The van der Waals surface area contributed by atoms with E-state index in [0.717, 1.165) is 0 Å². The summed E-state index contributed by atoms with van der Waals surface area (Å²) in [6.45, 7) is 0. The van der Waals surface area contributed by atoms with Gasteiger partial charge in [0.25, 0.3) is 5.78 Å². The molecule has 0 N–H and O–H groups in total. The van der Waals surface area contributed by atoms with Gasteiger partial charge in [0.1, 0.15) is 23.3 Å². The smallest absolute Gasteiger partial charge is 0.274 e. The Bertz CT molecular complexity index is 381. The van der Waals surface area contributed by atoms with Gasteiger partial charge in [-0.15, -0.1) is 0 Å². The van der Waals surface area contributed by atoms with Crippen LogP contribution in [0.15, 0.2) is 11.1 Å². The van der Waals surface area contributed by atoms with E-state index < -0.39 is 28.5 Å². The van der Waals surface area contributed by atoms with E-state index in [1.54, 1.807) is 0 Å². The van der Waals surface area contributed by atoms with Gasteiger partial charge in [-0.2, -0.15) is 10.5 Å². The quantitative estimate of drug-likeness (QED) is 0.197. The lowest BCUT2D eigenvalue weighted by atomic mass is 9.84. The second kappa shape index (κ2) is 2.40. The number of allylic oxidation sites excluding steroid dienone is 2. The third-order valence-electron chi connectivity index (χ3n) is 1.34. The van der Waals surface area contributed by atoms with Gasteiger partial charge < -0.3 is 0 Å². The molecule has 1 saturated carbocycles. The highest BCUT2D eigenvalue weighted by Crippen LogP contribution is 2.17. The van der Waals surface area contributed by atoms with E-state index in [9.17, 15) is 14.4 Å². The summed E-state index contributed by atoms with van der Waals surface area (Å²) in [7, 11) is 0. The fraction of sp³-hybridized carbons (Fsp3) is 0. The maximum Gasteiger partial charge on any atom is 0.274 e. The maximum atomic E-state index is 10.6. The zero-order chi connectivity index (χ0) is 9.30. The monoisotopic (exact) mass is 160 g/mol. The summed E-state index contributed by atoms with van der Waals surface area (Å²) in [5.74, 6) is -3.25. The highest BCUT2D eigenvalue weighted by molar-refractivity contribution is 6.85. The van der Waals surface area contributed by atoms with Crippen LogP contribution in [0.1, 0.15) is 0 Å². The van der Waals surface area contributed by atoms with Crippen LogP contribution < -0.4 is 0 Å². The van der Waals surface area contributed by atoms with Crippen molar-refractivity contribution in [3.05, 3.63) is 11.1 Å². The molecule has 1 fully saturated rings. The van der Waals surface area contributed by atoms with Crippen LogP contribution in [0, 0.1) is 22.7 Å². The summed E-state index contributed by atoms with van der Waals surface area (Å²) in [6.07, 6.45) is 0. The largest absolute Gasteiger partial charge is 0.284 e. The molecule has 5 heteroatoms. The van der Waals surface area contributed by atoms with Crippen LogP contribution in [0.2, 0.25) is 0 Å². The number of hydrogen-bond acceptors (Lipinski definition) is 5. The summed E-state index contributed by atoms with van der Waals surface area (Å²) in [5, 5.41) is 16.5. The first-order valence-electron chi connectivity index (χ1n) is 2.81. The summed E-state index contributed by atoms with van der Waals surface area (Å²) in [5.41, 5.74) is -1.17. The molecule has 0 aromatic heterocycles. The first kappa shape index (κ1) is 7.83. The van der Waals surface area contributed by atoms with Crippen molar-refractivity contribution >= 4 is 17.3 Å². The van der Waals surface area contributed by atoms with E-state index >= 15 is 0 Å². The molecule has 12 heavy (non-hydrogen) atoms. The zero-order valence-electron chi connectivity index (χ0n) is 5.62. The second-order valence-corrected chi connectivity index (χ2v) is 1.96. The average molecular weight is 160 g/mol. The Labute approximate surface area is 66.5 Å². The number of hydrogen-bond donors (Lipinski definition) is 0. The minimum Gasteiger partial charge on any atom is -0.284 e. The molecule has 0 spiro atoms. The van der Waals surface area contributed by atoms with Gasteiger partial charge in [-0.1, -0.05) is 0 Å². The van der Waals surface area contributed by atoms with Gasteiger partial charge in [0, 0.05) is 0 Å². The molecular weight excluding hydrogens is 160 g/mol. The van der Waals surface area contributed by atoms with Crippen LogP contribution in [0.25, 0.3) is 0 Å². The summed E-state index contributed by atoms with van der Waals surface area (Å²) >= 11 is 0. The molecule has 0 unspecified atom stereocenters. The standard InChI is InChI=1S/C7N2O3/c8-1-3(2-9)4-5(10)7(12)6(4)11. The van der Waals surface area contributed by atoms with Crippen molar-refractivity contribution in [3.63, 3.8) is 0 Å². The van der Waals surface area contributed by atoms with Gasteiger partial charge in [-0.25, -0.2) is 0 Å². The first-order chi connectivity index (χ1) is 5.63. The minimum atomic E-state index is -1.16. The molecule has 0 radical (unpaired) electrons. The minimum absolute atomic E-state index is 0.579. The van der Waals surface area contributed by atoms with Crippen molar-refractivity contribution in [3.8, 4) is 12.1 Å². The molecular formula is C7N2O3. The topological polar surface area (TPSA) is 98.8 Å². The fourth-order valence-electron chi connectivity index (χ4n) is 0.735. The van der Waals surface area contributed by atoms with E-state index in [-0.39, 0.29) is 0 Å². The van der Waals surface area contributed by atoms with E-state index in [0.29, 0.717) is 0 Å². The van der Waals surface area contributed by atoms with E-state index in [1.807, 2.05) is 0 Å². The van der Waals surface area contributed by atoms with Crippen LogP contribution in [-0.4, -0.2) is 17.3 Å². The normalized spacial score (nSPS) is 14.8.